The van der Waals surface area contributed by atoms with Gasteiger partial charge in [0.15, 0.2) is 86.8 Å². The molecule has 0 radical (unpaired) electrons. The Balaban J connectivity index is 0. The second kappa shape index (κ2) is 53.6. The second-order valence-electron chi connectivity index (χ2n) is 0. The Morgan fingerprint density at radius 3 is 0.286 bits per heavy atom. The molecule has 0 atom stereocenters. The van der Waals surface area contributed by atoms with Gasteiger partial charge in [-0.3, -0.25) is 0 Å². The van der Waals surface area contributed by atoms with E-state index in [1.807, 2.05) is 0 Å². The Bertz CT molecular complexity index is 6.04. The van der Waals surface area contributed by atoms with Crippen LogP contribution in [0.25, 0.3) is 0 Å². The average Bonchev–Trinajstić information content (AvgIpc) is 0. The average molecular weight is 262 g/mol. The molecule has 7 heavy (non-hydrogen) atoms. The van der Waals surface area contributed by atoms with E-state index in [1.165, 1.54) is 0 Å². The molecule has 0 N–H and O–H groups in total. The van der Waals surface area contributed by atoms with Gasteiger partial charge in [-0.2, -0.15) is 0 Å². The molecule has 0 aromatic heterocycles. The van der Waals surface area contributed by atoms with E-state index in [0.717, 1.165) is 0 Å². The van der Waals surface area contributed by atoms with E-state index in [0.29, 0.717) is 0 Å². The Morgan fingerprint density at radius 1 is 0.286 bits per heavy atom. The van der Waals surface area contributed by atoms with Gasteiger partial charge in [-0.15, -0.1) is 0 Å². The fourth-order valence-electron chi connectivity index (χ4n) is 0. The molecule has 0 rings (SSSR count). The van der Waals surface area contributed by atoms with Crippen LogP contribution in [-0.4, -0.2) is 86.8 Å². The largest absolute Gasteiger partial charge is 0.187 e. The fraction of sp³-hybridized carbons (Fsp3) is 0. The summed E-state index contributed by atoms with van der Waals surface area (Å²) in [6.07, 6.45) is 0. The summed E-state index contributed by atoms with van der Waals surface area (Å²) in [6.45, 7) is 0. The minimum absolute atomic E-state index is 0. The van der Waals surface area contributed by atoms with Crippen LogP contribution in [0.5, 0.6) is 0 Å². The molecule has 0 aliphatic heterocycles. The molecule has 7 heteroatoms. The Morgan fingerprint density at radius 2 is 0.286 bits per heavy atom. The van der Waals surface area contributed by atoms with Gasteiger partial charge in [-0.05, 0) is 0 Å². The molecule has 0 aromatic carbocycles. The first-order valence-corrected chi connectivity index (χ1v) is 0. The molecule has 0 aliphatic rings. The van der Waals surface area contributed by atoms with Gasteiger partial charge in [0.2, 0.25) is 0 Å². The molecule has 0 unspecified atom stereocenters. The zero-order valence-corrected chi connectivity index (χ0v) is 2.92. The standard InChI is InChI=1S/5Al.2Fe.15H. The molecule has 0 heterocycles. The third-order valence-corrected chi connectivity index (χ3v) is 0. The van der Waals surface area contributed by atoms with Crippen molar-refractivity contribution in [2.75, 3.05) is 0 Å². The summed E-state index contributed by atoms with van der Waals surface area (Å²) in [7, 11) is 0. The van der Waals surface area contributed by atoms with Crippen LogP contribution in [0.1, 0.15) is 0 Å². The molecule has 46 valence electrons. The zero-order chi connectivity index (χ0) is 0. The van der Waals surface area contributed by atoms with Crippen LogP contribution < -0.4 is 0 Å². The van der Waals surface area contributed by atoms with Crippen LogP contribution in [0, 0.1) is 0 Å². The van der Waals surface area contributed by atoms with Crippen molar-refractivity contribution in [2.24, 2.45) is 0 Å². The van der Waals surface area contributed by atoms with E-state index in [1.54, 1.807) is 0 Å². The summed E-state index contributed by atoms with van der Waals surface area (Å²) in [5, 5.41) is 0. The molecule has 0 amide bonds. The maximum Gasteiger partial charge on any atom is 0.187 e. The van der Waals surface area contributed by atoms with Crippen molar-refractivity contribution in [3.63, 3.8) is 0 Å². The number of hydrogen-bond donors (Lipinski definition) is 0. The molecule has 0 bridgehead atoms. The van der Waals surface area contributed by atoms with Gasteiger partial charge in [-0.1, -0.05) is 0 Å². The molecule has 0 spiro atoms. The first kappa shape index (κ1) is 73.5. The van der Waals surface area contributed by atoms with Crippen molar-refractivity contribution in [3.8, 4) is 0 Å². The maximum absolute atomic E-state index is 0. The van der Waals surface area contributed by atoms with Crippen molar-refractivity contribution in [3.05, 3.63) is 0 Å². The zero-order valence-electron chi connectivity index (χ0n) is 0.707. The van der Waals surface area contributed by atoms with Crippen molar-refractivity contribution < 1.29 is 34.1 Å². The Kier molecular flexibility index (Phi) is 563. The summed E-state index contributed by atoms with van der Waals surface area (Å²) in [5.41, 5.74) is 0. The third kappa shape index (κ3) is 42.0. The van der Waals surface area contributed by atoms with Crippen molar-refractivity contribution in [2.45, 2.75) is 0 Å². The molecule has 0 aliphatic carbocycles. The summed E-state index contributed by atoms with van der Waals surface area (Å²) < 4.78 is 0. The molecule has 0 fully saturated rings. The van der Waals surface area contributed by atoms with Gasteiger partial charge in [0.05, 0.1) is 0 Å². The maximum atomic E-state index is 0. The first-order valence-electron chi connectivity index (χ1n) is 0. The number of hydrogen-bond acceptors (Lipinski definition) is 0. The van der Waals surface area contributed by atoms with Crippen LogP contribution in [0.4, 0.5) is 0 Å². The van der Waals surface area contributed by atoms with E-state index in [2.05, 4.69) is 0 Å². The van der Waals surface area contributed by atoms with Gasteiger partial charge >= 0.3 is 0 Å². The van der Waals surface area contributed by atoms with Gasteiger partial charge in [0.1, 0.15) is 0 Å². The van der Waals surface area contributed by atoms with Gasteiger partial charge in [0, 0.05) is 34.1 Å². The van der Waals surface area contributed by atoms with Gasteiger partial charge < -0.3 is 0 Å². The summed E-state index contributed by atoms with van der Waals surface area (Å²) in [6, 6.07) is 0. The quantitative estimate of drug-likeness (QED) is 0.381. The molecule has 0 saturated carbocycles. The smallest absolute Gasteiger partial charge is 0 e. The Hall–Kier alpha value is 3.70. The van der Waals surface area contributed by atoms with E-state index < -0.39 is 0 Å². The monoisotopic (exact) mass is 262 g/mol. The second-order valence-corrected chi connectivity index (χ2v) is 0. The summed E-state index contributed by atoms with van der Waals surface area (Å²) in [4.78, 5) is 0. The van der Waals surface area contributed by atoms with Crippen LogP contribution in [0.2, 0.25) is 0 Å². The Labute approximate surface area is 119 Å². The fourth-order valence-corrected chi connectivity index (χ4v) is 0. The normalized spacial score (nSPS) is 0. The predicted octanol–water partition coefficient (Wildman–Crippen LogP) is -5.92. The van der Waals surface area contributed by atoms with E-state index in [-0.39, 0.29) is 121 Å². The van der Waals surface area contributed by atoms with Gasteiger partial charge in [0.25, 0.3) is 0 Å². The van der Waals surface area contributed by atoms with Crippen LogP contribution in [-0.2, 0) is 34.1 Å². The third-order valence-electron chi connectivity index (χ3n) is 0. The molecular formula is H15Al5Fe2. The van der Waals surface area contributed by atoms with E-state index in [4.69, 9.17) is 0 Å². The SMILES string of the molecule is [AlH3].[AlH3].[AlH3].[AlH3].[AlH3].[Fe].[Fe]. The molecular weight excluding hydrogens is 247 g/mol. The topological polar surface area (TPSA) is 0 Å². The molecule has 0 saturated heterocycles. The van der Waals surface area contributed by atoms with Crippen molar-refractivity contribution in [1.82, 2.24) is 0 Å². The first-order chi connectivity index (χ1) is 0. The van der Waals surface area contributed by atoms with Crippen molar-refractivity contribution in [1.29, 1.82) is 0 Å². The van der Waals surface area contributed by atoms with Crippen LogP contribution >= 0.6 is 0 Å². The predicted molar refractivity (Wildman–Crippen MR) is 49.7 cm³/mol. The summed E-state index contributed by atoms with van der Waals surface area (Å²) in [5.74, 6) is 0. The minimum Gasteiger partial charge on any atom is 0 e. The molecule has 0 nitrogen and oxygen atoms in total. The van der Waals surface area contributed by atoms with Crippen molar-refractivity contribution >= 4 is 86.8 Å². The van der Waals surface area contributed by atoms with Crippen LogP contribution in [0.3, 0.4) is 0 Å². The number of rotatable bonds is 0. The summed E-state index contributed by atoms with van der Waals surface area (Å²) >= 11 is 0. The molecule has 0 aromatic rings. The minimum atomic E-state index is 0. The van der Waals surface area contributed by atoms with Crippen LogP contribution in [0.15, 0.2) is 0 Å². The van der Waals surface area contributed by atoms with Gasteiger partial charge in [-0.25, -0.2) is 0 Å². The van der Waals surface area contributed by atoms with E-state index in [9.17, 15) is 0 Å². The van der Waals surface area contributed by atoms with E-state index >= 15 is 0 Å².